The first-order valence-electron chi connectivity index (χ1n) is 7.22. The molecule has 2 amide bonds. The summed E-state index contributed by atoms with van der Waals surface area (Å²) in [4.78, 5) is 23.8. The number of carbonyl (C=O) groups excluding carboxylic acids is 2. The molecule has 0 aliphatic carbocycles. The van der Waals surface area contributed by atoms with Crippen molar-refractivity contribution in [2.45, 2.75) is 6.10 Å². The highest BCUT2D eigenvalue weighted by Gasteiger charge is 2.20. The molecular weight excluding hydrogens is 316 g/mol. The number of furan rings is 1. The number of hydrogen-bond donors (Lipinski definition) is 2. The zero-order chi connectivity index (χ0) is 16.9. The minimum Gasteiger partial charge on any atom is -0.467 e. The molecule has 0 saturated heterocycles. The maximum atomic E-state index is 11.9. The highest BCUT2D eigenvalue weighted by Crippen LogP contribution is 2.34. The molecule has 0 fully saturated rings. The number of amides is 2. The van der Waals surface area contributed by atoms with Crippen LogP contribution >= 0.6 is 0 Å². The van der Waals surface area contributed by atoms with Crippen molar-refractivity contribution in [1.82, 2.24) is 5.32 Å². The van der Waals surface area contributed by atoms with Crippen LogP contribution in [0.25, 0.3) is 0 Å². The fourth-order valence-corrected chi connectivity index (χ4v) is 2.20. The van der Waals surface area contributed by atoms with Crippen LogP contribution in [0.5, 0.6) is 11.5 Å². The van der Waals surface area contributed by atoms with E-state index in [1.54, 1.807) is 30.3 Å². The van der Waals surface area contributed by atoms with Gasteiger partial charge in [0, 0.05) is 18.9 Å². The molecule has 1 aliphatic rings. The maximum absolute atomic E-state index is 11.9. The van der Waals surface area contributed by atoms with Crippen molar-refractivity contribution in [3.63, 3.8) is 0 Å². The van der Waals surface area contributed by atoms with Crippen LogP contribution in [0, 0.1) is 0 Å². The third kappa shape index (κ3) is 3.49. The maximum Gasteiger partial charge on any atom is 0.313 e. The van der Waals surface area contributed by atoms with Gasteiger partial charge in [-0.25, -0.2) is 0 Å². The summed E-state index contributed by atoms with van der Waals surface area (Å²) in [5.74, 6) is 0.114. The molecule has 1 atom stereocenters. The van der Waals surface area contributed by atoms with Crippen LogP contribution in [0.15, 0.2) is 41.0 Å². The number of ether oxygens (including phenoxy) is 3. The van der Waals surface area contributed by atoms with Crippen LogP contribution in [0.3, 0.4) is 0 Å². The SMILES string of the molecule is COC(CNC(=O)C(=O)Nc1ccc2c(c1)OCO2)c1ccco1. The van der Waals surface area contributed by atoms with E-state index in [0.717, 1.165) is 0 Å². The van der Waals surface area contributed by atoms with Gasteiger partial charge in [-0.15, -0.1) is 0 Å². The van der Waals surface area contributed by atoms with Crippen molar-refractivity contribution < 1.29 is 28.2 Å². The Morgan fingerprint density at radius 2 is 2.04 bits per heavy atom. The summed E-state index contributed by atoms with van der Waals surface area (Å²) < 4.78 is 20.8. The second kappa shape index (κ2) is 7.05. The Morgan fingerprint density at radius 3 is 2.79 bits per heavy atom. The molecule has 0 saturated carbocycles. The fourth-order valence-electron chi connectivity index (χ4n) is 2.20. The molecule has 1 aromatic carbocycles. The summed E-state index contributed by atoms with van der Waals surface area (Å²) in [7, 11) is 1.49. The predicted octanol–water partition coefficient (Wildman–Crippen LogP) is 1.45. The molecule has 24 heavy (non-hydrogen) atoms. The summed E-state index contributed by atoms with van der Waals surface area (Å²) in [6.07, 6.45) is 1.04. The Bertz CT molecular complexity index is 728. The average Bonchev–Trinajstić information content (AvgIpc) is 3.26. The number of hydrogen-bond acceptors (Lipinski definition) is 6. The largest absolute Gasteiger partial charge is 0.467 e. The minimum absolute atomic E-state index is 0.109. The number of carbonyl (C=O) groups is 2. The van der Waals surface area contributed by atoms with Crippen LogP contribution in [-0.4, -0.2) is 32.3 Å². The lowest BCUT2D eigenvalue weighted by Crippen LogP contribution is -2.37. The Kier molecular flexibility index (Phi) is 4.66. The average molecular weight is 332 g/mol. The number of fused-ring (bicyclic) bond motifs is 1. The molecule has 3 rings (SSSR count). The number of anilines is 1. The van der Waals surface area contributed by atoms with Crippen LogP contribution < -0.4 is 20.1 Å². The van der Waals surface area contributed by atoms with Gasteiger partial charge < -0.3 is 29.3 Å². The molecule has 8 heteroatoms. The van der Waals surface area contributed by atoms with Gasteiger partial charge in [0.25, 0.3) is 0 Å². The van der Waals surface area contributed by atoms with Gasteiger partial charge >= 0.3 is 11.8 Å². The summed E-state index contributed by atoms with van der Waals surface area (Å²) in [6, 6.07) is 8.32. The topological polar surface area (TPSA) is 99.0 Å². The molecule has 1 aliphatic heterocycles. The lowest BCUT2D eigenvalue weighted by Gasteiger charge is -2.13. The Balaban J connectivity index is 1.54. The monoisotopic (exact) mass is 332 g/mol. The van der Waals surface area contributed by atoms with Crippen molar-refractivity contribution in [3.05, 3.63) is 42.4 Å². The third-order valence-electron chi connectivity index (χ3n) is 3.43. The molecule has 0 radical (unpaired) electrons. The molecule has 0 spiro atoms. The van der Waals surface area contributed by atoms with E-state index in [-0.39, 0.29) is 13.3 Å². The third-order valence-corrected chi connectivity index (χ3v) is 3.43. The van der Waals surface area contributed by atoms with Gasteiger partial charge in [0.15, 0.2) is 11.5 Å². The van der Waals surface area contributed by atoms with Crippen LogP contribution in [0.2, 0.25) is 0 Å². The Labute approximate surface area is 137 Å². The molecule has 1 aromatic heterocycles. The van der Waals surface area contributed by atoms with Crippen molar-refractivity contribution in [1.29, 1.82) is 0 Å². The molecular formula is C16H16N2O6. The van der Waals surface area contributed by atoms with Crippen LogP contribution in [0.4, 0.5) is 5.69 Å². The van der Waals surface area contributed by atoms with Crippen molar-refractivity contribution in [3.8, 4) is 11.5 Å². The molecule has 0 bridgehead atoms. The van der Waals surface area contributed by atoms with E-state index in [0.29, 0.717) is 22.9 Å². The Hall–Kier alpha value is -3.00. The lowest BCUT2D eigenvalue weighted by molar-refractivity contribution is -0.136. The standard InChI is InChI=1S/C16H16N2O6/c1-21-14(11-3-2-6-22-11)8-17-15(19)16(20)18-10-4-5-12-13(7-10)24-9-23-12/h2-7,14H,8-9H2,1H3,(H,17,19)(H,18,20). The van der Waals surface area contributed by atoms with E-state index in [1.807, 2.05) is 0 Å². The molecule has 1 unspecified atom stereocenters. The van der Waals surface area contributed by atoms with Gasteiger partial charge in [-0.2, -0.15) is 0 Å². The molecule has 2 heterocycles. The van der Waals surface area contributed by atoms with Crippen molar-refractivity contribution >= 4 is 17.5 Å². The first-order valence-corrected chi connectivity index (χ1v) is 7.22. The summed E-state index contributed by atoms with van der Waals surface area (Å²) in [5.41, 5.74) is 0.439. The second-order valence-electron chi connectivity index (χ2n) is 4.97. The minimum atomic E-state index is -0.789. The normalized spacial score (nSPS) is 13.4. The van der Waals surface area contributed by atoms with E-state index < -0.39 is 17.9 Å². The first kappa shape index (κ1) is 15.9. The van der Waals surface area contributed by atoms with E-state index in [4.69, 9.17) is 18.6 Å². The van der Waals surface area contributed by atoms with E-state index in [9.17, 15) is 9.59 Å². The molecule has 2 N–H and O–H groups in total. The zero-order valence-corrected chi connectivity index (χ0v) is 12.9. The van der Waals surface area contributed by atoms with Gasteiger partial charge in [-0.3, -0.25) is 9.59 Å². The second-order valence-corrected chi connectivity index (χ2v) is 4.97. The zero-order valence-electron chi connectivity index (χ0n) is 12.9. The van der Waals surface area contributed by atoms with Crippen LogP contribution in [0.1, 0.15) is 11.9 Å². The van der Waals surface area contributed by atoms with E-state index >= 15 is 0 Å². The molecule has 8 nitrogen and oxygen atoms in total. The first-order chi connectivity index (χ1) is 11.7. The number of methoxy groups -OCH3 is 1. The number of benzene rings is 1. The van der Waals surface area contributed by atoms with Gasteiger partial charge in [-0.1, -0.05) is 0 Å². The summed E-state index contributed by atoms with van der Waals surface area (Å²) in [5, 5.41) is 5.00. The smallest absolute Gasteiger partial charge is 0.313 e. The number of nitrogens with one attached hydrogen (secondary N) is 2. The van der Waals surface area contributed by atoms with Crippen molar-refractivity contribution in [2.24, 2.45) is 0 Å². The van der Waals surface area contributed by atoms with Crippen molar-refractivity contribution in [2.75, 3.05) is 25.8 Å². The van der Waals surface area contributed by atoms with E-state index in [1.165, 1.54) is 13.4 Å². The van der Waals surface area contributed by atoms with Gasteiger partial charge in [0.1, 0.15) is 11.9 Å². The summed E-state index contributed by atoms with van der Waals surface area (Å²) in [6.45, 7) is 0.246. The van der Waals surface area contributed by atoms with Gasteiger partial charge in [0.05, 0.1) is 12.8 Å². The summed E-state index contributed by atoms with van der Waals surface area (Å²) >= 11 is 0. The highest BCUT2D eigenvalue weighted by atomic mass is 16.7. The fraction of sp³-hybridized carbons (Fsp3) is 0.250. The number of rotatable bonds is 5. The quantitative estimate of drug-likeness (QED) is 0.804. The predicted molar refractivity (Wildman–Crippen MR) is 82.7 cm³/mol. The lowest BCUT2D eigenvalue weighted by atomic mass is 10.2. The molecule has 126 valence electrons. The van der Waals surface area contributed by atoms with E-state index in [2.05, 4.69) is 10.6 Å². The Morgan fingerprint density at radius 1 is 1.21 bits per heavy atom. The molecule has 2 aromatic rings. The van der Waals surface area contributed by atoms with Gasteiger partial charge in [-0.05, 0) is 24.3 Å². The van der Waals surface area contributed by atoms with Crippen LogP contribution in [-0.2, 0) is 14.3 Å². The highest BCUT2D eigenvalue weighted by molar-refractivity contribution is 6.39. The van der Waals surface area contributed by atoms with Gasteiger partial charge in [0.2, 0.25) is 6.79 Å².